The van der Waals surface area contributed by atoms with E-state index in [1.165, 1.54) is 12.8 Å². The number of aliphatic hydroxyl groups is 1. The monoisotopic (exact) mass is 268 g/mol. The van der Waals surface area contributed by atoms with Crippen LogP contribution in [0.25, 0.3) is 0 Å². The van der Waals surface area contributed by atoms with E-state index < -0.39 is 0 Å². The number of nitrogens with two attached hydrogens (primary N) is 1. The topological polar surface area (TPSA) is 49.5 Å². The van der Waals surface area contributed by atoms with E-state index in [1.807, 2.05) is 18.2 Å². The molecular formula is C14H21ClN2O. The van der Waals surface area contributed by atoms with E-state index in [1.54, 1.807) is 0 Å². The second kappa shape index (κ2) is 6.41. The number of hydrogen-bond acceptors (Lipinski definition) is 3. The van der Waals surface area contributed by atoms with Crippen molar-refractivity contribution in [3.63, 3.8) is 0 Å². The summed E-state index contributed by atoms with van der Waals surface area (Å²) in [7, 11) is 0. The molecule has 1 aromatic carbocycles. The van der Waals surface area contributed by atoms with Crippen LogP contribution in [0.2, 0.25) is 5.02 Å². The van der Waals surface area contributed by atoms with Gasteiger partial charge in [0, 0.05) is 37.0 Å². The van der Waals surface area contributed by atoms with Gasteiger partial charge in [0.05, 0.1) is 0 Å². The predicted octanol–water partition coefficient (Wildman–Crippen LogP) is 2.40. The highest BCUT2D eigenvalue weighted by Crippen LogP contribution is 2.29. The third-order valence-electron chi connectivity index (χ3n) is 3.66. The standard InChI is InChI=1S/C14H21ClN2O/c15-13-4-3-12(9-16)14(8-13)17-6-1-2-11(10-17)5-7-18/h3-4,8,11,18H,1-2,5-7,9-10,16H2. The second-order valence-electron chi connectivity index (χ2n) is 4.94. The molecule has 0 bridgehead atoms. The highest BCUT2D eigenvalue weighted by atomic mass is 35.5. The minimum absolute atomic E-state index is 0.276. The summed E-state index contributed by atoms with van der Waals surface area (Å²) in [5.41, 5.74) is 8.09. The number of aliphatic hydroxyl groups excluding tert-OH is 1. The average molecular weight is 269 g/mol. The summed E-state index contributed by atoms with van der Waals surface area (Å²) in [5, 5.41) is 9.82. The molecule has 18 heavy (non-hydrogen) atoms. The Morgan fingerprint density at radius 3 is 3.00 bits per heavy atom. The van der Waals surface area contributed by atoms with Gasteiger partial charge in [0.25, 0.3) is 0 Å². The number of anilines is 1. The fourth-order valence-corrected chi connectivity index (χ4v) is 2.87. The maximum Gasteiger partial charge on any atom is 0.0434 e. The molecule has 0 aromatic heterocycles. The van der Waals surface area contributed by atoms with Gasteiger partial charge in [0.15, 0.2) is 0 Å². The molecule has 0 amide bonds. The number of hydrogen-bond donors (Lipinski definition) is 2. The molecule has 3 N–H and O–H groups in total. The zero-order chi connectivity index (χ0) is 13.0. The van der Waals surface area contributed by atoms with Gasteiger partial charge in [0.2, 0.25) is 0 Å². The molecule has 0 saturated carbocycles. The van der Waals surface area contributed by atoms with Crippen LogP contribution < -0.4 is 10.6 Å². The molecule has 1 fully saturated rings. The normalized spacial score (nSPS) is 20.2. The van der Waals surface area contributed by atoms with Crippen LogP contribution in [0.15, 0.2) is 18.2 Å². The molecule has 3 nitrogen and oxygen atoms in total. The molecule has 1 heterocycles. The Morgan fingerprint density at radius 2 is 2.28 bits per heavy atom. The predicted molar refractivity (Wildman–Crippen MR) is 76.0 cm³/mol. The third kappa shape index (κ3) is 3.16. The molecule has 4 heteroatoms. The van der Waals surface area contributed by atoms with Crippen molar-refractivity contribution < 1.29 is 5.11 Å². The first-order valence-corrected chi connectivity index (χ1v) is 6.96. The highest BCUT2D eigenvalue weighted by Gasteiger charge is 2.21. The Hall–Kier alpha value is -0.770. The molecule has 1 aliphatic rings. The van der Waals surface area contributed by atoms with E-state index in [4.69, 9.17) is 22.4 Å². The molecule has 1 aliphatic heterocycles. The van der Waals surface area contributed by atoms with Gasteiger partial charge in [-0.25, -0.2) is 0 Å². The Bertz CT molecular complexity index is 395. The van der Waals surface area contributed by atoms with Gasteiger partial charge in [-0.15, -0.1) is 0 Å². The van der Waals surface area contributed by atoms with Crippen LogP contribution in [0.3, 0.4) is 0 Å². The minimum atomic E-state index is 0.276. The lowest BCUT2D eigenvalue weighted by molar-refractivity contribution is 0.244. The van der Waals surface area contributed by atoms with Gasteiger partial charge in [-0.1, -0.05) is 17.7 Å². The minimum Gasteiger partial charge on any atom is -0.396 e. The SMILES string of the molecule is NCc1ccc(Cl)cc1N1CCCC(CCO)C1. The molecule has 2 rings (SSSR count). The van der Waals surface area contributed by atoms with Gasteiger partial charge >= 0.3 is 0 Å². The number of benzene rings is 1. The Morgan fingerprint density at radius 1 is 1.44 bits per heavy atom. The van der Waals surface area contributed by atoms with Gasteiger partial charge < -0.3 is 15.7 Å². The molecule has 0 radical (unpaired) electrons. The maximum absolute atomic E-state index is 9.06. The zero-order valence-electron chi connectivity index (χ0n) is 10.6. The van der Waals surface area contributed by atoms with Gasteiger partial charge in [-0.2, -0.15) is 0 Å². The van der Waals surface area contributed by atoms with Crippen LogP contribution in [0.5, 0.6) is 0 Å². The van der Waals surface area contributed by atoms with Crippen molar-refractivity contribution in [2.75, 3.05) is 24.6 Å². The second-order valence-corrected chi connectivity index (χ2v) is 5.38. The van der Waals surface area contributed by atoms with Crippen LogP contribution in [0.4, 0.5) is 5.69 Å². The van der Waals surface area contributed by atoms with Crippen LogP contribution >= 0.6 is 11.6 Å². The van der Waals surface area contributed by atoms with Crippen molar-refractivity contribution in [2.24, 2.45) is 11.7 Å². The number of halogens is 1. The molecule has 1 atom stereocenters. The summed E-state index contributed by atoms with van der Waals surface area (Å²) in [4.78, 5) is 2.36. The molecule has 1 saturated heterocycles. The number of rotatable bonds is 4. The third-order valence-corrected chi connectivity index (χ3v) is 3.90. The summed E-state index contributed by atoms with van der Waals surface area (Å²) < 4.78 is 0. The van der Waals surface area contributed by atoms with E-state index >= 15 is 0 Å². The van der Waals surface area contributed by atoms with Crippen LogP contribution in [-0.4, -0.2) is 24.8 Å². The summed E-state index contributed by atoms with van der Waals surface area (Å²) in [5.74, 6) is 0.577. The molecule has 0 spiro atoms. The van der Waals surface area contributed by atoms with Gasteiger partial charge in [-0.3, -0.25) is 0 Å². The lowest BCUT2D eigenvalue weighted by Gasteiger charge is -2.35. The highest BCUT2D eigenvalue weighted by molar-refractivity contribution is 6.30. The Labute approximate surface area is 114 Å². The van der Waals surface area contributed by atoms with Crippen molar-refractivity contribution in [2.45, 2.75) is 25.8 Å². The fraction of sp³-hybridized carbons (Fsp3) is 0.571. The van der Waals surface area contributed by atoms with Crippen molar-refractivity contribution in [1.29, 1.82) is 0 Å². The summed E-state index contributed by atoms with van der Waals surface area (Å²) >= 11 is 6.08. The first kappa shape index (κ1) is 13.7. The van der Waals surface area contributed by atoms with Crippen LogP contribution in [-0.2, 0) is 6.54 Å². The molecule has 1 aromatic rings. The van der Waals surface area contributed by atoms with E-state index in [9.17, 15) is 0 Å². The fourth-order valence-electron chi connectivity index (χ4n) is 2.71. The Balaban J connectivity index is 2.17. The first-order valence-electron chi connectivity index (χ1n) is 6.59. The maximum atomic E-state index is 9.06. The van der Waals surface area contributed by atoms with Gasteiger partial charge in [-0.05, 0) is 42.9 Å². The lowest BCUT2D eigenvalue weighted by atomic mass is 9.94. The van der Waals surface area contributed by atoms with Crippen molar-refractivity contribution >= 4 is 17.3 Å². The largest absolute Gasteiger partial charge is 0.396 e. The first-order chi connectivity index (χ1) is 8.74. The summed E-state index contributed by atoms with van der Waals surface area (Å²) in [6, 6.07) is 5.90. The van der Waals surface area contributed by atoms with Crippen molar-refractivity contribution in [1.82, 2.24) is 0 Å². The van der Waals surface area contributed by atoms with Crippen LogP contribution in [0.1, 0.15) is 24.8 Å². The summed E-state index contributed by atoms with van der Waals surface area (Å²) in [6.07, 6.45) is 3.26. The van der Waals surface area contributed by atoms with Crippen LogP contribution in [0, 0.1) is 5.92 Å². The lowest BCUT2D eigenvalue weighted by Crippen LogP contribution is -2.36. The van der Waals surface area contributed by atoms with Crippen molar-refractivity contribution in [3.8, 4) is 0 Å². The van der Waals surface area contributed by atoms with Gasteiger partial charge in [0.1, 0.15) is 0 Å². The van der Waals surface area contributed by atoms with Crippen molar-refractivity contribution in [3.05, 3.63) is 28.8 Å². The molecule has 0 aliphatic carbocycles. The van der Waals surface area contributed by atoms with E-state index in [-0.39, 0.29) is 6.61 Å². The number of piperidine rings is 1. The number of nitrogens with zero attached hydrogens (tertiary/aromatic N) is 1. The smallest absolute Gasteiger partial charge is 0.0434 e. The quantitative estimate of drug-likeness (QED) is 0.882. The van der Waals surface area contributed by atoms with E-state index in [2.05, 4.69) is 4.90 Å². The zero-order valence-corrected chi connectivity index (χ0v) is 11.4. The van der Waals surface area contributed by atoms with E-state index in [0.29, 0.717) is 12.5 Å². The molecular weight excluding hydrogens is 248 g/mol. The average Bonchev–Trinajstić information content (AvgIpc) is 2.39. The molecule has 1 unspecified atom stereocenters. The Kier molecular flexibility index (Phi) is 4.87. The molecule has 100 valence electrons. The summed E-state index contributed by atoms with van der Waals surface area (Å²) in [6.45, 7) is 2.86. The van der Waals surface area contributed by atoms with E-state index in [0.717, 1.165) is 35.8 Å².